The first-order valence-corrected chi connectivity index (χ1v) is 5.23. The van der Waals surface area contributed by atoms with Gasteiger partial charge in [0.1, 0.15) is 0 Å². The zero-order chi connectivity index (χ0) is 11.0. The molecule has 0 radical (unpaired) electrons. The predicted molar refractivity (Wildman–Crippen MR) is 55.0 cm³/mol. The summed E-state index contributed by atoms with van der Waals surface area (Å²) in [5, 5.41) is 7.86. The van der Waals surface area contributed by atoms with Gasteiger partial charge in [-0.15, -0.1) is 10.2 Å². The van der Waals surface area contributed by atoms with E-state index in [4.69, 9.17) is 0 Å². The number of aryl methyl sites for hydroxylation is 1. The highest BCUT2D eigenvalue weighted by Crippen LogP contribution is 2.08. The van der Waals surface area contributed by atoms with Crippen molar-refractivity contribution >= 4 is 22.9 Å². The molecule has 7 nitrogen and oxygen atoms in total. The van der Waals surface area contributed by atoms with E-state index in [2.05, 4.69) is 20.2 Å². The number of hydrogen-bond acceptors (Lipinski definition) is 6. The van der Waals surface area contributed by atoms with Crippen LogP contribution in [0.3, 0.4) is 0 Å². The largest absolute Gasteiger partial charge is 0.329 e. The van der Waals surface area contributed by atoms with Crippen molar-refractivity contribution in [2.45, 2.75) is 5.16 Å². The molecule has 15 heavy (non-hydrogen) atoms. The highest BCUT2D eigenvalue weighted by Gasteiger charge is 2.08. The normalized spacial score (nSPS) is 10.8. The molecule has 0 saturated carbocycles. The molecule has 2 heterocycles. The topological polar surface area (TPSA) is 93.5 Å². The number of nitrogens with one attached hydrogen (secondary N) is 1. The van der Waals surface area contributed by atoms with Gasteiger partial charge in [0, 0.05) is 7.05 Å². The molecule has 0 aliphatic rings. The molecule has 78 valence electrons. The molecule has 1 N–H and O–H groups in total. The van der Waals surface area contributed by atoms with Gasteiger partial charge in [-0.1, -0.05) is 11.8 Å². The van der Waals surface area contributed by atoms with Gasteiger partial charge in [0.25, 0.3) is 5.56 Å². The van der Waals surface area contributed by atoms with Crippen LogP contribution in [0.5, 0.6) is 0 Å². The first kappa shape index (κ1) is 9.84. The van der Waals surface area contributed by atoms with E-state index in [-0.39, 0.29) is 11.2 Å². The lowest BCUT2D eigenvalue weighted by atomic mass is 10.5. The van der Waals surface area contributed by atoms with Crippen molar-refractivity contribution in [1.82, 2.24) is 24.7 Å². The van der Waals surface area contributed by atoms with Crippen LogP contribution >= 0.6 is 11.8 Å². The molecule has 2 rings (SSSR count). The van der Waals surface area contributed by atoms with Crippen molar-refractivity contribution < 1.29 is 0 Å². The fourth-order valence-electron chi connectivity index (χ4n) is 1.11. The van der Waals surface area contributed by atoms with Crippen LogP contribution in [0.1, 0.15) is 0 Å². The molecule has 0 fully saturated rings. The third-order valence-electron chi connectivity index (χ3n) is 1.89. The first-order valence-electron chi connectivity index (χ1n) is 4.01. The Labute approximate surface area is 87.6 Å². The van der Waals surface area contributed by atoms with Crippen LogP contribution in [0, 0.1) is 0 Å². The molecule has 0 unspecified atom stereocenters. The Bertz CT molecular complexity index is 631. The Morgan fingerprint density at radius 2 is 2.07 bits per heavy atom. The monoisotopic (exact) mass is 225 g/mol. The van der Waals surface area contributed by atoms with E-state index >= 15 is 0 Å². The Morgan fingerprint density at radius 3 is 2.73 bits per heavy atom. The summed E-state index contributed by atoms with van der Waals surface area (Å²) in [6, 6.07) is 0. The number of nitrogens with zero attached hydrogens (tertiary/aromatic N) is 4. The minimum atomic E-state index is -0.569. The zero-order valence-corrected chi connectivity index (χ0v) is 8.83. The molecular formula is C7H7N5O2S. The van der Waals surface area contributed by atoms with Crippen molar-refractivity contribution in [1.29, 1.82) is 0 Å². The predicted octanol–water partition coefficient (Wildman–Crippen LogP) is -0.866. The Balaban J connectivity index is 2.98. The Kier molecular flexibility index (Phi) is 2.27. The maximum atomic E-state index is 11.3. The molecule has 0 aromatic carbocycles. The molecule has 2 aromatic rings. The summed E-state index contributed by atoms with van der Waals surface area (Å²) < 4.78 is 1.23. The molecule has 8 heteroatoms. The van der Waals surface area contributed by atoms with Gasteiger partial charge in [-0.3, -0.25) is 14.3 Å². The van der Waals surface area contributed by atoms with Gasteiger partial charge < -0.3 is 0 Å². The van der Waals surface area contributed by atoms with Gasteiger partial charge in [-0.2, -0.15) is 0 Å². The van der Waals surface area contributed by atoms with Crippen molar-refractivity contribution in [3.63, 3.8) is 0 Å². The third kappa shape index (κ3) is 1.52. The fourth-order valence-corrected chi connectivity index (χ4v) is 1.41. The van der Waals surface area contributed by atoms with Crippen LogP contribution in [-0.2, 0) is 7.05 Å². The smallest absolute Gasteiger partial charge is 0.279 e. The van der Waals surface area contributed by atoms with E-state index in [0.29, 0.717) is 5.16 Å². The van der Waals surface area contributed by atoms with Crippen LogP contribution in [0.4, 0.5) is 0 Å². The first-order chi connectivity index (χ1) is 7.13. The van der Waals surface area contributed by atoms with Crippen LogP contribution < -0.4 is 11.2 Å². The van der Waals surface area contributed by atoms with Crippen molar-refractivity contribution in [2.24, 2.45) is 7.05 Å². The average Bonchev–Trinajstić information content (AvgIpc) is 2.25. The second kappa shape index (κ2) is 3.46. The van der Waals surface area contributed by atoms with Gasteiger partial charge in [0.2, 0.25) is 5.16 Å². The van der Waals surface area contributed by atoms with Crippen LogP contribution in [-0.4, -0.2) is 31.0 Å². The lowest BCUT2D eigenvalue weighted by Gasteiger charge is -2.01. The Morgan fingerprint density at radius 1 is 1.33 bits per heavy atom. The number of aromatic nitrogens is 5. The molecule has 0 saturated heterocycles. The lowest BCUT2D eigenvalue weighted by Crippen LogP contribution is -2.29. The van der Waals surface area contributed by atoms with E-state index in [1.54, 1.807) is 6.26 Å². The molecule has 0 aliphatic carbocycles. The molecule has 2 aromatic heterocycles. The van der Waals surface area contributed by atoms with Crippen LogP contribution in [0.15, 0.2) is 14.7 Å². The number of fused-ring (bicyclic) bond motifs is 1. The van der Waals surface area contributed by atoms with Gasteiger partial charge in [0.15, 0.2) is 11.2 Å². The molecule has 0 amide bonds. The maximum absolute atomic E-state index is 11.3. The molecule has 0 spiro atoms. The highest BCUT2D eigenvalue weighted by molar-refractivity contribution is 7.98. The van der Waals surface area contributed by atoms with E-state index in [0.717, 1.165) is 0 Å². The highest BCUT2D eigenvalue weighted by atomic mass is 32.2. The quantitative estimate of drug-likeness (QED) is 0.634. The van der Waals surface area contributed by atoms with Gasteiger partial charge in [-0.05, 0) is 6.26 Å². The molecule has 0 aliphatic heterocycles. The van der Waals surface area contributed by atoms with E-state index in [1.807, 2.05) is 0 Å². The number of hydrogen-bond donors (Lipinski definition) is 1. The second-order valence-corrected chi connectivity index (χ2v) is 3.56. The summed E-state index contributed by atoms with van der Waals surface area (Å²) in [4.78, 5) is 28.8. The number of rotatable bonds is 1. The third-order valence-corrected chi connectivity index (χ3v) is 2.43. The summed E-state index contributed by atoms with van der Waals surface area (Å²) in [5.74, 6) is 0. The van der Waals surface area contributed by atoms with Crippen LogP contribution in [0.25, 0.3) is 11.2 Å². The standard InChI is InChI=1S/C7H7N5O2S/c1-12-4-3(5(13)9-7(12)14)10-11-6(8-4)15-2/h1-2H3,(H,9,13,14). The van der Waals surface area contributed by atoms with Crippen molar-refractivity contribution in [3.8, 4) is 0 Å². The average molecular weight is 225 g/mol. The van der Waals surface area contributed by atoms with Crippen molar-refractivity contribution in [3.05, 3.63) is 20.8 Å². The number of aromatic amines is 1. The molecular weight excluding hydrogens is 218 g/mol. The number of thioether (sulfide) groups is 1. The van der Waals surface area contributed by atoms with Gasteiger partial charge in [0.05, 0.1) is 0 Å². The van der Waals surface area contributed by atoms with Gasteiger partial charge >= 0.3 is 5.69 Å². The summed E-state index contributed by atoms with van der Waals surface area (Å²) in [7, 11) is 1.51. The SMILES string of the molecule is CSc1nnc2c(=O)[nH]c(=O)n(C)c2n1. The maximum Gasteiger partial charge on any atom is 0.329 e. The van der Waals surface area contributed by atoms with Gasteiger partial charge in [-0.25, -0.2) is 9.78 Å². The zero-order valence-electron chi connectivity index (χ0n) is 8.01. The van der Waals surface area contributed by atoms with E-state index in [9.17, 15) is 9.59 Å². The van der Waals surface area contributed by atoms with Crippen LogP contribution in [0.2, 0.25) is 0 Å². The summed E-state index contributed by atoms with van der Waals surface area (Å²) in [6.07, 6.45) is 1.79. The molecule has 0 atom stereocenters. The van der Waals surface area contributed by atoms with E-state index < -0.39 is 11.2 Å². The second-order valence-electron chi connectivity index (χ2n) is 2.79. The Hall–Kier alpha value is -1.70. The van der Waals surface area contributed by atoms with E-state index in [1.165, 1.54) is 23.4 Å². The molecule has 0 bridgehead atoms. The lowest BCUT2D eigenvalue weighted by molar-refractivity contribution is 0.781. The minimum Gasteiger partial charge on any atom is -0.279 e. The summed E-state index contributed by atoms with van der Waals surface area (Å²) in [6.45, 7) is 0. The number of H-pyrrole nitrogens is 1. The van der Waals surface area contributed by atoms with Crippen molar-refractivity contribution in [2.75, 3.05) is 6.26 Å². The minimum absolute atomic E-state index is 0.0647. The summed E-state index contributed by atoms with van der Waals surface area (Å²) in [5.41, 5.74) is -0.779. The summed E-state index contributed by atoms with van der Waals surface area (Å²) >= 11 is 1.29. The fraction of sp³-hybridized carbons (Fsp3) is 0.286.